The molecule has 0 bridgehead atoms. The summed E-state index contributed by atoms with van der Waals surface area (Å²) in [6.07, 6.45) is 7.18. The van der Waals surface area contributed by atoms with Crippen molar-refractivity contribution >= 4 is 5.91 Å². The molecule has 1 heterocycles. The van der Waals surface area contributed by atoms with Gasteiger partial charge in [-0.25, -0.2) is 0 Å². The zero-order chi connectivity index (χ0) is 12.5. The molecule has 17 heavy (non-hydrogen) atoms. The average Bonchev–Trinajstić information content (AvgIpc) is 2.59. The van der Waals surface area contributed by atoms with Gasteiger partial charge in [0.05, 0.1) is 12.7 Å². The summed E-state index contributed by atoms with van der Waals surface area (Å²) in [5, 5.41) is 5.99. The van der Waals surface area contributed by atoms with Gasteiger partial charge >= 0.3 is 0 Å². The van der Waals surface area contributed by atoms with E-state index in [2.05, 4.69) is 10.6 Å². The van der Waals surface area contributed by atoms with Crippen molar-refractivity contribution in [3.8, 4) is 0 Å². The van der Waals surface area contributed by atoms with Crippen molar-refractivity contribution in [1.82, 2.24) is 10.6 Å². The second kappa shape index (κ2) is 8.45. The predicted molar refractivity (Wildman–Crippen MR) is 67.6 cm³/mol. The van der Waals surface area contributed by atoms with Gasteiger partial charge in [0.2, 0.25) is 5.91 Å². The van der Waals surface area contributed by atoms with Gasteiger partial charge in [0.15, 0.2) is 0 Å². The van der Waals surface area contributed by atoms with Crippen molar-refractivity contribution in [2.75, 3.05) is 20.3 Å². The molecule has 1 saturated heterocycles. The smallest absolute Gasteiger partial charge is 0.236 e. The highest BCUT2D eigenvalue weighted by molar-refractivity contribution is 5.81. The van der Waals surface area contributed by atoms with Gasteiger partial charge in [0.25, 0.3) is 0 Å². The van der Waals surface area contributed by atoms with Crippen molar-refractivity contribution < 1.29 is 9.18 Å². The van der Waals surface area contributed by atoms with E-state index in [1.54, 1.807) is 7.05 Å². The number of hydrogen-bond acceptors (Lipinski definition) is 2. The third-order valence-electron chi connectivity index (χ3n) is 3.62. The number of carbonyl (C=O) groups is 1. The van der Waals surface area contributed by atoms with Crippen LogP contribution in [0.3, 0.4) is 0 Å². The first-order valence-corrected chi connectivity index (χ1v) is 6.79. The van der Waals surface area contributed by atoms with E-state index < -0.39 is 0 Å². The van der Waals surface area contributed by atoms with Crippen LogP contribution in [-0.4, -0.2) is 32.2 Å². The fourth-order valence-electron chi connectivity index (χ4n) is 2.50. The minimum Gasteiger partial charge on any atom is -0.358 e. The molecule has 0 radical (unpaired) electrons. The molecule has 2 N–H and O–H groups in total. The third-order valence-corrected chi connectivity index (χ3v) is 3.62. The monoisotopic (exact) mass is 244 g/mol. The van der Waals surface area contributed by atoms with Crippen LogP contribution in [-0.2, 0) is 4.79 Å². The van der Waals surface area contributed by atoms with Crippen LogP contribution in [0.15, 0.2) is 0 Å². The van der Waals surface area contributed by atoms with Crippen LogP contribution in [0.25, 0.3) is 0 Å². The van der Waals surface area contributed by atoms with E-state index in [1.165, 1.54) is 6.42 Å². The molecule has 100 valence electrons. The number of rotatable bonds is 6. The average molecular weight is 244 g/mol. The molecule has 2 atom stereocenters. The third kappa shape index (κ3) is 5.48. The Bertz CT molecular complexity index is 223. The standard InChI is InChI=1S/C13H25FN2O/c1-15-13(17)12-7-6-11(8-10-16-12)5-3-2-4-9-14/h11-12,16H,2-10H2,1H3,(H,15,17)/t11?,12-/m0/s1. The summed E-state index contributed by atoms with van der Waals surface area (Å²) in [4.78, 5) is 11.5. The first-order valence-electron chi connectivity index (χ1n) is 6.79. The number of alkyl halides is 1. The van der Waals surface area contributed by atoms with Crippen LogP contribution in [0.5, 0.6) is 0 Å². The summed E-state index contributed by atoms with van der Waals surface area (Å²) in [6, 6.07) is -0.0177. The summed E-state index contributed by atoms with van der Waals surface area (Å²) in [5.41, 5.74) is 0. The van der Waals surface area contributed by atoms with Gasteiger partial charge in [0.1, 0.15) is 0 Å². The van der Waals surface area contributed by atoms with Crippen LogP contribution in [0.4, 0.5) is 4.39 Å². The van der Waals surface area contributed by atoms with Crippen molar-refractivity contribution in [3.05, 3.63) is 0 Å². The summed E-state index contributed by atoms with van der Waals surface area (Å²) >= 11 is 0. The fraction of sp³-hybridized carbons (Fsp3) is 0.923. The summed E-state index contributed by atoms with van der Waals surface area (Å²) in [7, 11) is 1.68. The van der Waals surface area contributed by atoms with Crippen LogP contribution in [0.2, 0.25) is 0 Å². The molecule has 1 fully saturated rings. The zero-order valence-electron chi connectivity index (χ0n) is 10.8. The Kier molecular flexibility index (Phi) is 7.17. The Hall–Kier alpha value is -0.640. The van der Waals surface area contributed by atoms with Crippen molar-refractivity contribution in [3.63, 3.8) is 0 Å². The highest BCUT2D eigenvalue weighted by atomic mass is 19.1. The second-order valence-corrected chi connectivity index (χ2v) is 4.89. The Balaban J connectivity index is 2.20. The molecule has 3 nitrogen and oxygen atoms in total. The predicted octanol–water partition coefficient (Wildman–Crippen LogP) is 2.02. The Labute approximate surface area is 104 Å². The highest BCUT2D eigenvalue weighted by Gasteiger charge is 2.22. The normalized spacial score (nSPS) is 25.3. The molecule has 0 spiro atoms. The fourth-order valence-corrected chi connectivity index (χ4v) is 2.50. The molecule has 1 aliphatic rings. The van der Waals surface area contributed by atoms with Crippen LogP contribution in [0, 0.1) is 5.92 Å². The maximum atomic E-state index is 11.9. The Morgan fingerprint density at radius 2 is 2.12 bits per heavy atom. The first kappa shape index (κ1) is 14.4. The van der Waals surface area contributed by atoms with Gasteiger partial charge in [0, 0.05) is 7.05 Å². The molecule has 1 unspecified atom stereocenters. The SMILES string of the molecule is CNC(=O)[C@@H]1CCC(CCCCCF)CCN1. The lowest BCUT2D eigenvalue weighted by Crippen LogP contribution is -2.42. The van der Waals surface area contributed by atoms with Crippen molar-refractivity contribution in [1.29, 1.82) is 0 Å². The first-order chi connectivity index (χ1) is 8.27. The summed E-state index contributed by atoms with van der Waals surface area (Å²) in [6.45, 7) is 0.733. The zero-order valence-corrected chi connectivity index (χ0v) is 10.8. The van der Waals surface area contributed by atoms with E-state index in [1.807, 2.05) is 0 Å². The molecule has 1 rings (SSSR count). The number of hydrogen-bond donors (Lipinski definition) is 2. The van der Waals surface area contributed by atoms with Gasteiger partial charge in [-0.2, -0.15) is 0 Å². The van der Waals surface area contributed by atoms with Gasteiger partial charge in [-0.15, -0.1) is 0 Å². The quantitative estimate of drug-likeness (QED) is 0.702. The Morgan fingerprint density at radius 3 is 2.82 bits per heavy atom. The molecule has 1 amide bonds. The molecular weight excluding hydrogens is 219 g/mol. The molecule has 0 aromatic carbocycles. The van der Waals surface area contributed by atoms with E-state index in [9.17, 15) is 9.18 Å². The molecule has 0 aromatic heterocycles. The lowest BCUT2D eigenvalue weighted by molar-refractivity contribution is -0.122. The number of unbranched alkanes of at least 4 members (excludes halogenated alkanes) is 2. The van der Waals surface area contributed by atoms with Crippen LogP contribution in [0.1, 0.15) is 44.9 Å². The lowest BCUT2D eigenvalue weighted by Gasteiger charge is -2.14. The topological polar surface area (TPSA) is 41.1 Å². The van der Waals surface area contributed by atoms with Gasteiger partial charge < -0.3 is 10.6 Å². The lowest BCUT2D eigenvalue weighted by atomic mass is 9.93. The molecular formula is C13H25FN2O. The van der Waals surface area contributed by atoms with Crippen molar-refractivity contribution in [2.45, 2.75) is 51.0 Å². The molecule has 1 aliphatic heterocycles. The number of halogens is 1. The van der Waals surface area contributed by atoms with E-state index in [0.29, 0.717) is 12.3 Å². The summed E-state index contributed by atoms with van der Waals surface area (Å²) < 4.78 is 11.9. The maximum Gasteiger partial charge on any atom is 0.236 e. The number of amides is 1. The van der Waals surface area contributed by atoms with Gasteiger partial charge in [-0.3, -0.25) is 9.18 Å². The minimum absolute atomic E-state index is 0.0177. The second-order valence-electron chi connectivity index (χ2n) is 4.89. The Morgan fingerprint density at radius 1 is 1.29 bits per heavy atom. The molecule has 0 aliphatic carbocycles. The van der Waals surface area contributed by atoms with E-state index in [4.69, 9.17) is 0 Å². The molecule has 0 aromatic rings. The van der Waals surface area contributed by atoms with E-state index in [-0.39, 0.29) is 18.6 Å². The van der Waals surface area contributed by atoms with Crippen LogP contribution < -0.4 is 10.6 Å². The van der Waals surface area contributed by atoms with Gasteiger partial charge in [-0.05, 0) is 38.1 Å². The van der Waals surface area contributed by atoms with Gasteiger partial charge in [-0.1, -0.05) is 19.3 Å². The molecule has 0 saturated carbocycles. The number of likely N-dealkylation sites (N-methyl/N-ethyl adjacent to an activating group) is 1. The minimum atomic E-state index is -0.190. The van der Waals surface area contributed by atoms with E-state index in [0.717, 1.165) is 38.6 Å². The largest absolute Gasteiger partial charge is 0.358 e. The highest BCUT2D eigenvalue weighted by Crippen LogP contribution is 2.22. The molecule has 4 heteroatoms. The number of carbonyl (C=O) groups excluding carboxylic acids is 1. The van der Waals surface area contributed by atoms with Crippen molar-refractivity contribution in [2.24, 2.45) is 5.92 Å². The maximum absolute atomic E-state index is 11.9. The van der Waals surface area contributed by atoms with Crippen LogP contribution >= 0.6 is 0 Å². The van der Waals surface area contributed by atoms with E-state index >= 15 is 0 Å². The summed E-state index contributed by atoms with van der Waals surface area (Å²) in [5.74, 6) is 0.805. The number of nitrogens with one attached hydrogen (secondary N) is 2.